The molecule has 1 N–H and O–H groups in total. The summed E-state index contributed by atoms with van der Waals surface area (Å²) in [5.74, 6) is -0.268. The summed E-state index contributed by atoms with van der Waals surface area (Å²) in [6, 6.07) is 3.74. The number of benzene rings is 1. The normalized spacial score (nSPS) is 21.7. The van der Waals surface area contributed by atoms with Crippen molar-refractivity contribution in [2.45, 2.75) is 25.2 Å². The summed E-state index contributed by atoms with van der Waals surface area (Å²) >= 11 is 0. The summed E-state index contributed by atoms with van der Waals surface area (Å²) in [6.45, 7) is 1.46. The molecule has 8 heteroatoms. The Kier molecular flexibility index (Phi) is 4.92. The van der Waals surface area contributed by atoms with E-state index in [0.717, 1.165) is 0 Å². The number of β-lactam (4-membered cyclic amide) rings is 1. The number of anilines is 1. The number of hydrogen-bond donors (Lipinski definition) is 1. The highest BCUT2D eigenvalue weighted by Crippen LogP contribution is 2.40. The molecule has 1 aromatic carbocycles. The molecule has 1 amide bonds. The van der Waals surface area contributed by atoms with Crippen molar-refractivity contribution in [3.05, 3.63) is 24.3 Å². The minimum atomic E-state index is -4.62. The molecule has 1 aromatic rings. The lowest BCUT2D eigenvalue weighted by atomic mass is 9.96. The van der Waals surface area contributed by atoms with Crippen molar-refractivity contribution < 1.29 is 32.5 Å². The van der Waals surface area contributed by atoms with E-state index in [4.69, 9.17) is 14.6 Å². The van der Waals surface area contributed by atoms with Gasteiger partial charge in [-0.2, -0.15) is 13.2 Å². The summed E-state index contributed by atoms with van der Waals surface area (Å²) in [5, 5.41) is 8.63. The van der Waals surface area contributed by atoms with Crippen molar-refractivity contribution in [2.24, 2.45) is 0 Å². The molecule has 1 heterocycles. The van der Waals surface area contributed by atoms with Gasteiger partial charge in [0.15, 0.2) is 12.1 Å². The van der Waals surface area contributed by atoms with Gasteiger partial charge in [-0.1, -0.05) is 0 Å². The summed E-state index contributed by atoms with van der Waals surface area (Å²) in [4.78, 5) is 12.6. The maximum absolute atomic E-state index is 13.1. The lowest BCUT2D eigenvalue weighted by Crippen LogP contribution is -2.71. The van der Waals surface area contributed by atoms with Crippen LogP contribution in [0.1, 0.15) is 6.92 Å². The summed E-state index contributed by atoms with van der Waals surface area (Å²) < 4.78 is 49.4. The largest absolute Gasteiger partial charge is 0.494 e. The molecule has 1 fully saturated rings. The molecule has 1 saturated heterocycles. The maximum atomic E-state index is 13.1. The molecule has 0 bridgehead atoms. The Bertz CT molecular complexity index is 518. The van der Waals surface area contributed by atoms with Crippen LogP contribution in [0.25, 0.3) is 0 Å². The monoisotopic (exact) mass is 319 g/mol. The second-order valence-corrected chi connectivity index (χ2v) is 4.64. The third-order valence-corrected chi connectivity index (χ3v) is 3.20. The molecule has 0 spiro atoms. The predicted molar refractivity (Wildman–Crippen MR) is 71.8 cm³/mol. The maximum Gasteiger partial charge on any atom is 0.412 e. The van der Waals surface area contributed by atoms with Gasteiger partial charge in [-0.3, -0.25) is 9.69 Å². The first-order valence-corrected chi connectivity index (χ1v) is 6.75. The highest BCUT2D eigenvalue weighted by molar-refractivity contribution is 6.05. The fourth-order valence-corrected chi connectivity index (χ4v) is 2.28. The Morgan fingerprint density at radius 2 is 1.91 bits per heavy atom. The Balaban J connectivity index is 2.19. The summed E-state index contributed by atoms with van der Waals surface area (Å²) in [7, 11) is 0. The second kappa shape index (κ2) is 6.53. The van der Waals surface area contributed by atoms with Gasteiger partial charge in [0.2, 0.25) is 0 Å². The van der Waals surface area contributed by atoms with Gasteiger partial charge >= 0.3 is 6.18 Å². The van der Waals surface area contributed by atoms with Crippen LogP contribution in [0.2, 0.25) is 0 Å². The van der Waals surface area contributed by atoms with Crippen LogP contribution in [0, 0.1) is 0 Å². The van der Waals surface area contributed by atoms with E-state index in [1.54, 1.807) is 6.92 Å². The number of amides is 1. The zero-order chi connectivity index (χ0) is 16.3. The molecule has 0 unspecified atom stereocenters. The van der Waals surface area contributed by atoms with Gasteiger partial charge < -0.3 is 14.6 Å². The van der Waals surface area contributed by atoms with Crippen molar-refractivity contribution in [3.8, 4) is 5.75 Å². The lowest BCUT2D eigenvalue weighted by molar-refractivity contribution is -0.202. The standard InChI is InChI=1S/C14H16F3NO4/c1-2-21-10-5-3-9(4-6-10)18-12(14(15,16)17)11(13(18)20)22-8-7-19/h3-6,11-12,19H,2,7-8H2,1H3/t11-,12-/m0/s1. The van der Waals surface area contributed by atoms with E-state index < -0.39 is 30.8 Å². The average Bonchev–Trinajstić information content (AvgIpc) is 2.45. The number of alkyl halides is 3. The summed E-state index contributed by atoms with van der Waals surface area (Å²) in [5.41, 5.74) is 0.125. The van der Waals surface area contributed by atoms with Gasteiger partial charge in [0.25, 0.3) is 5.91 Å². The van der Waals surface area contributed by atoms with E-state index in [9.17, 15) is 18.0 Å². The molecule has 22 heavy (non-hydrogen) atoms. The van der Waals surface area contributed by atoms with Crippen molar-refractivity contribution in [3.63, 3.8) is 0 Å². The Morgan fingerprint density at radius 1 is 1.27 bits per heavy atom. The van der Waals surface area contributed by atoms with Crippen LogP contribution in [0.3, 0.4) is 0 Å². The van der Waals surface area contributed by atoms with Crippen molar-refractivity contribution in [1.82, 2.24) is 0 Å². The number of carbonyl (C=O) groups excluding carboxylic acids is 1. The Morgan fingerprint density at radius 3 is 2.41 bits per heavy atom. The first kappa shape index (κ1) is 16.6. The van der Waals surface area contributed by atoms with Crippen LogP contribution in [-0.2, 0) is 9.53 Å². The number of hydrogen-bond acceptors (Lipinski definition) is 4. The molecular formula is C14H16F3NO4. The number of ether oxygens (including phenoxy) is 2. The van der Waals surface area contributed by atoms with E-state index in [2.05, 4.69) is 0 Å². The van der Waals surface area contributed by atoms with Crippen LogP contribution >= 0.6 is 0 Å². The minimum absolute atomic E-state index is 0.125. The molecule has 1 aliphatic heterocycles. The Labute approximate surface area is 125 Å². The van der Waals surface area contributed by atoms with Gasteiger partial charge in [0.1, 0.15) is 5.75 Å². The SMILES string of the molecule is CCOc1ccc(N2C(=O)[C@@H](OCCO)[C@H]2C(F)(F)F)cc1. The number of nitrogens with zero attached hydrogens (tertiary/aromatic N) is 1. The molecule has 0 radical (unpaired) electrons. The van der Waals surface area contributed by atoms with Gasteiger partial charge in [-0.25, -0.2) is 0 Å². The molecule has 1 aliphatic rings. The highest BCUT2D eigenvalue weighted by Gasteiger charge is 2.62. The molecule has 2 atom stereocenters. The predicted octanol–water partition coefficient (Wildman–Crippen LogP) is 1.74. The number of carbonyl (C=O) groups is 1. The van der Waals surface area contributed by atoms with Gasteiger partial charge in [0, 0.05) is 5.69 Å². The van der Waals surface area contributed by atoms with Crippen molar-refractivity contribution in [2.75, 3.05) is 24.7 Å². The smallest absolute Gasteiger partial charge is 0.412 e. The van der Waals surface area contributed by atoms with E-state index in [0.29, 0.717) is 17.3 Å². The first-order chi connectivity index (χ1) is 10.4. The fraction of sp³-hybridized carbons (Fsp3) is 0.500. The van der Waals surface area contributed by atoms with E-state index >= 15 is 0 Å². The molecule has 0 saturated carbocycles. The van der Waals surface area contributed by atoms with Crippen LogP contribution in [-0.4, -0.2) is 49.2 Å². The molecule has 2 rings (SSSR count). The molecule has 5 nitrogen and oxygen atoms in total. The first-order valence-electron chi connectivity index (χ1n) is 6.75. The third-order valence-electron chi connectivity index (χ3n) is 3.20. The third kappa shape index (κ3) is 3.17. The number of rotatable bonds is 6. The number of halogens is 3. The van der Waals surface area contributed by atoms with Crippen LogP contribution in [0.4, 0.5) is 18.9 Å². The fourth-order valence-electron chi connectivity index (χ4n) is 2.28. The molecule has 0 aliphatic carbocycles. The number of aliphatic hydroxyl groups excluding tert-OH is 1. The van der Waals surface area contributed by atoms with Crippen molar-refractivity contribution >= 4 is 11.6 Å². The second-order valence-electron chi connectivity index (χ2n) is 4.64. The molecular weight excluding hydrogens is 303 g/mol. The average molecular weight is 319 g/mol. The van der Waals surface area contributed by atoms with Crippen LogP contribution in [0.5, 0.6) is 5.75 Å². The molecule has 122 valence electrons. The molecule has 0 aromatic heterocycles. The zero-order valence-electron chi connectivity index (χ0n) is 11.8. The Hall–Kier alpha value is -1.80. The quantitative estimate of drug-likeness (QED) is 0.812. The zero-order valence-corrected chi connectivity index (χ0v) is 11.8. The van der Waals surface area contributed by atoms with E-state index in [1.165, 1.54) is 24.3 Å². The van der Waals surface area contributed by atoms with E-state index in [-0.39, 0.29) is 12.3 Å². The number of aliphatic hydroxyl groups is 1. The highest BCUT2D eigenvalue weighted by atomic mass is 19.4. The van der Waals surface area contributed by atoms with Crippen LogP contribution in [0.15, 0.2) is 24.3 Å². The van der Waals surface area contributed by atoms with Gasteiger partial charge in [0.05, 0.1) is 19.8 Å². The van der Waals surface area contributed by atoms with E-state index in [1.807, 2.05) is 0 Å². The lowest BCUT2D eigenvalue weighted by Gasteiger charge is -2.46. The summed E-state index contributed by atoms with van der Waals surface area (Å²) in [6.07, 6.45) is -6.23. The van der Waals surface area contributed by atoms with Crippen molar-refractivity contribution in [1.29, 1.82) is 0 Å². The minimum Gasteiger partial charge on any atom is -0.494 e. The van der Waals surface area contributed by atoms with Gasteiger partial charge in [-0.15, -0.1) is 0 Å². The topological polar surface area (TPSA) is 59.0 Å². The van der Waals surface area contributed by atoms with Gasteiger partial charge in [-0.05, 0) is 31.2 Å². The van der Waals surface area contributed by atoms with Crippen LogP contribution < -0.4 is 9.64 Å².